The number of carbonyl (C=O) groups is 1. The molecular weight excluding hydrogens is 380 g/mol. The molecule has 0 spiro atoms. The Balaban J connectivity index is 1.44. The van der Waals surface area contributed by atoms with Gasteiger partial charge in [-0.3, -0.25) is 9.48 Å². The maximum Gasteiger partial charge on any atom is 0.244 e. The molecule has 144 valence electrons. The van der Waals surface area contributed by atoms with Gasteiger partial charge in [-0.2, -0.15) is 5.10 Å². The number of thiophene rings is 1. The smallest absolute Gasteiger partial charge is 0.244 e. The molecule has 29 heavy (non-hydrogen) atoms. The predicted octanol–water partition coefficient (Wildman–Crippen LogP) is 4.58. The van der Waals surface area contributed by atoms with Gasteiger partial charge in [0.05, 0.1) is 12.6 Å². The fourth-order valence-electron chi connectivity index (χ4n) is 3.01. The summed E-state index contributed by atoms with van der Waals surface area (Å²) in [7, 11) is 0. The molecule has 1 amide bonds. The van der Waals surface area contributed by atoms with Gasteiger partial charge in [-0.25, -0.2) is 4.98 Å². The van der Waals surface area contributed by atoms with Crippen LogP contribution in [0.1, 0.15) is 16.5 Å². The number of rotatable bonds is 7. The molecule has 2 heterocycles. The fourth-order valence-corrected chi connectivity index (χ4v) is 3.93. The van der Waals surface area contributed by atoms with Crippen molar-refractivity contribution in [1.29, 1.82) is 0 Å². The van der Waals surface area contributed by atoms with E-state index in [1.165, 1.54) is 16.8 Å². The van der Waals surface area contributed by atoms with E-state index in [9.17, 15) is 4.79 Å². The van der Waals surface area contributed by atoms with Crippen molar-refractivity contribution in [3.05, 3.63) is 102 Å². The molecule has 0 saturated heterocycles. The maximum atomic E-state index is 12.6. The van der Waals surface area contributed by atoms with E-state index in [1.54, 1.807) is 28.4 Å². The Morgan fingerprint density at radius 2 is 1.79 bits per heavy atom. The number of amides is 1. The first-order valence-electron chi connectivity index (χ1n) is 9.29. The second-order valence-corrected chi connectivity index (χ2v) is 7.61. The lowest BCUT2D eigenvalue weighted by Crippen LogP contribution is -2.30. The number of benzene rings is 2. The molecule has 4 rings (SSSR count). The van der Waals surface area contributed by atoms with Crippen molar-refractivity contribution in [3.8, 4) is 10.4 Å². The zero-order valence-corrected chi connectivity index (χ0v) is 16.5. The van der Waals surface area contributed by atoms with E-state index in [2.05, 4.69) is 33.6 Å². The summed E-state index contributed by atoms with van der Waals surface area (Å²) in [5.41, 5.74) is 2.20. The van der Waals surface area contributed by atoms with Crippen molar-refractivity contribution < 1.29 is 4.79 Å². The van der Waals surface area contributed by atoms with Crippen LogP contribution in [0.3, 0.4) is 0 Å². The van der Waals surface area contributed by atoms with E-state index in [-0.39, 0.29) is 11.9 Å². The molecule has 0 aliphatic carbocycles. The zero-order chi connectivity index (χ0) is 19.9. The molecule has 2 aromatic carbocycles. The van der Waals surface area contributed by atoms with E-state index >= 15 is 0 Å². The molecule has 0 fully saturated rings. The summed E-state index contributed by atoms with van der Waals surface area (Å²) in [4.78, 5) is 18.8. The molecule has 5 nitrogen and oxygen atoms in total. The summed E-state index contributed by atoms with van der Waals surface area (Å²) in [5.74, 6) is -0.145. The molecule has 1 atom stereocenters. The first kappa shape index (κ1) is 18.8. The van der Waals surface area contributed by atoms with Gasteiger partial charge in [0.2, 0.25) is 5.91 Å². The second kappa shape index (κ2) is 9.12. The molecule has 4 aromatic rings. The van der Waals surface area contributed by atoms with Gasteiger partial charge < -0.3 is 5.32 Å². The largest absolute Gasteiger partial charge is 0.344 e. The highest BCUT2D eigenvalue weighted by molar-refractivity contribution is 7.16. The molecule has 1 N–H and O–H groups in total. The van der Waals surface area contributed by atoms with E-state index in [0.29, 0.717) is 6.54 Å². The minimum Gasteiger partial charge on any atom is -0.344 e. The molecule has 0 radical (unpaired) electrons. The minimum atomic E-state index is -0.196. The Morgan fingerprint density at radius 1 is 1.03 bits per heavy atom. The Labute approximate surface area is 173 Å². The van der Waals surface area contributed by atoms with Gasteiger partial charge in [0, 0.05) is 15.8 Å². The second-order valence-electron chi connectivity index (χ2n) is 6.49. The summed E-state index contributed by atoms with van der Waals surface area (Å²) in [6.07, 6.45) is 6.57. The Morgan fingerprint density at radius 3 is 2.52 bits per heavy atom. The molecule has 6 heteroatoms. The summed E-state index contributed by atoms with van der Waals surface area (Å²) < 4.78 is 1.72. The van der Waals surface area contributed by atoms with Crippen molar-refractivity contribution in [3.63, 3.8) is 0 Å². The van der Waals surface area contributed by atoms with Gasteiger partial charge >= 0.3 is 0 Å². The predicted molar refractivity (Wildman–Crippen MR) is 116 cm³/mol. The van der Waals surface area contributed by atoms with Crippen LogP contribution in [0, 0.1) is 0 Å². The molecule has 0 bridgehead atoms. The van der Waals surface area contributed by atoms with Gasteiger partial charge in [0.15, 0.2) is 0 Å². The lowest BCUT2D eigenvalue weighted by atomic mass is 10.1. The topological polar surface area (TPSA) is 59.8 Å². The quantitative estimate of drug-likeness (QED) is 0.462. The van der Waals surface area contributed by atoms with Gasteiger partial charge in [-0.15, -0.1) is 11.3 Å². The van der Waals surface area contributed by atoms with Crippen LogP contribution in [0.4, 0.5) is 0 Å². The average molecular weight is 401 g/mol. The Kier molecular flexibility index (Phi) is 5.92. The highest BCUT2D eigenvalue weighted by atomic mass is 32.1. The lowest BCUT2D eigenvalue weighted by molar-refractivity contribution is -0.117. The number of hydrogen-bond acceptors (Lipinski definition) is 4. The third-order valence-electron chi connectivity index (χ3n) is 4.44. The molecule has 1 unspecified atom stereocenters. The van der Waals surface area contributed by atoms with Crippen LogP contribution in [0.5, 0.6) is 0 Å². The summed E-state index contributed by atoms with van der Waals surface area (Å²) in [6, 6.07) is 24.0. The third-order valence-corrected chi connectivity index (χ3v) is 5.54. The van der Waals surface area contributed by atoms with E-state index in [4.69, 9.17) is 0 Å². The molecule has 0 saturated carbocycles. The normalized spacial score (nSPS) is 12.1. The highest BCUT2D eigenvalue weighted by Crippen LogP contribution is 2.28. The minimum absolute atomic E-state index is 0.145. The van der Waals surface area contributed by atoms with E-state index < -0.39 is 0 Å². The van der Waals surface area contributed by atoms with Crippen LogP contribution in [0.25, 0.3) is 16.5 Å². The van der Waals surface area contributed by atoms with Crippen molar-refractivity contribution in [1.82, 2.24) is 20.1 Å². The van der Waals surface area contributed by atoms with Crippen LogP contribution in [-0.4, -0.2) is 20.7 Å². The van der Waals surface area contributed by atoms with Crippen molar-refractivity contribution in [2.24, 2.45) is 0 Å². The summed E-state index contributed by atoms with van der Waals surface area (Å²) in [6.45, 7) is 0.515. The van der Waals surface area contributed by atoms with Crippen LogP contribution >= 0.6 is 11.3 Å². The van der Waals surface area contributed by atoms with Crippen molar-refractivity contribution in [2.45, 2.75) is 12.6 Å². The van der Waals surface area contributed by atoms with Crippen LogP contribution in [0.2, 0.25) is 0 Å². The number of nitrogens with one attached hydrogen (secondary N) is 1. The summed E-state index contributed by atoms with van der Waals surface area (Å²) >= 11 is 1.66. The maximum absolute atomic E-state index is 12.6. The SMILES string of the molecule is O=C(/C=C/c1ccc(-c2ccccc2)s1)NC(Cn1cncn1)c1ccccc1. The number of aromatic nitrogens is 3. The molecular formula is C23H20N4OS. The van der Waals surface area contributed by atoms with Crippen molar-refractivity contribution in [2.75, 3.05) is 0 Å². The van der Waals surface area contributed by atoms with Crippen LogP contribution < -0.4 is 5.32 Å². The summed E-state index contributed by atoms with van der Waals surface area (Å²) in [5, 5.41) is 7.22. The first-order chi connectivity index (χ1) is 14.3. The average Bonchev–Trinajstić information content (AvgIpc) is 3.45. The van der Waals surface area contributed by atoms with Gasteiger partial charge in [0.25, 0.3) is 0 Å². The van der Waals surface area contributed by atoms with Crippen LogP contribution in [-0.2, 0) is 11.3 Å². The standard InChI is InChI=1S/C23H20N4OS/c28-23(14-12-20-11-13-22(29-20)19-9-5-2-6-10-19)26-21(15-27-17-24-16-25-27)18-7-3-1-4-8-18/h1-14,16-17,21H,15H2,(H,26,28)/b14-12+. The molecule has 2 aromatic heterocycles. The van der Waals surface area contributed by atoms with Gasteiger partial charge in [-0.1, -0.05) is 60.7 Å². The first-order valence-corrected chi connectivity index (χ1v) is 10.1. The fraction of sp³-hybridized carbons (Fsp3) is 0.0870. The van der Waals surface area contributed by atoms with Gasteiger partial charge in [-0.05, 0) is 29.3 Å². The van der Waals surface area contributed by atoms with Crippen molar-refractivity contribution >= 4 is 23.3 Å². The number of hydrogen-bond donors (Lipinski definition) is 1. The monoisotopic (exact) mass is 400 g/mol. The van der Waals surface area contributed by atoms with Crippen LogP contribution in [0.15, 0.2) is 91.5 Å². The highest BCUT2D eigenvalue weighted by Gasteiger charge is 2.14. The van der Waals surface area contributed by atoms with E-state index in [1.807, 2.05) is 60.7 Å². The molecule has 0 aliphatic rings. The molecule has 0 aliphatic heterocycles. The Hall–Kier alpha value is -3.51. The van der Waals surface area contributed by atoms with E-state index in [0.717, 1.165) is 10.4 Å². The van der Waals surface area contributed by atoms with Gasteiger partial charge in [0.1, 0.15) is 12.7 Å². The Bertz CT molecular complexity index is 1070. The zero-order valence-electron chi connectivity index (χ0n) is 15.7. The number of nitrogens with zero attached hydrogens (tertiary/aromatic N) is 3. The lowest BCUT2D eigenvalue weighted by Gasteiger charge is -2.18. The third kappa shape index (κ3) is 5.06. The number of carbonyl (C=O) groups excluding carboxylic acids is 1.